The minimum Gasteiger partial charge on any atom is -0.493 e. The Kier molecular flexibility index (Phi) is 5.32. The largest absolute Gasteiger partial charge is 0.493 e. The van der Waals surface area contributed by atoms with Crippen LogP contribution in [0.3, 0.4) is 0 Å². The fourth-order valence-corrected chi connectivity index (χ4v) is 2.40. The van der Waals surface area contributed by atoms with Crippen molar-refractivity contribution in [3.05, 3.63) is 17.7 Å². The second-order valence-corrected chi connectivity index (χ2v) is 4.92. The highest BCUT2D eigenvalue weighted by atomic mass is 16.7. The molecule has 2 atom stereocenters. The van der Waals surface area contributed by atoms with Crippen molar-refractivity contribution in [2.75, 3.05) is 20.4 Å². The van der Waals surface area contributed by atoms with Gasteiger partial charge in [0.25, 0.3) is 0 Å². The second kappa shape index (κ2) is 7.21. The second-order valence-electron chi connectivity index (χ2n) is 4.92. The molecular formula is C16H22N2O3. The van der Waals surface area contributed by atoms with E-state index in [4.69, 9.17) is 26.4 Å². The zero-order chi connectivity index (χ0) is 15.2. The number of hydrogen-bond acceptors (Lipinski definition) is 5. The molecule has 3 N–H and O–H groups in total. The first kappa shape index (κ1) is 15.5. The topological polar surface area (TPSA) is 65.7 Å². The number of nitrogens with one attached hydrogen (secondary N) is 1. The van der Waals surface area contributed by atoms with Gasteiger partial charge < -0.3 is 19.9 Å². The quantitative estimate of drug-likeness (QED) is 0.750. The molecule has 21 heavy (non-hydrogen) atoms. The SMILES string of the molecule is C#CC(CCC)NC(CN)c1cc(OC)c2c(c1)OCO2. The smallest absolute Gasteiger partial charge is 0.231 e. The number of methoxy groups -OCH3 is 1. The summed E-state index contributed by atoms with van der Waals surface area (Å²) in [5.74, 6) is 4.73. The lowest BCUT2D eigenvalue weighted by atomic mass is 10.0. The first-order chi connectivity index (χ1) is 10.2. The Balaban J connectivity index is 2.24. The van der Waals surface area contributed by atoms with Crippen LogP contribution >= 0.6 is 0 Å². The summed E-state index contributed by atoms with van der Waals surface area (Å²) < 4.78 is 16.2. The molecule has 0 aromatic heterocycles. The van der Waals surface area contributed by atoms with Crippen LogP contribution in [0, 0.1) is 12.3 Å². The molecule has 0 saturated heterocycles. The van der Waals surface area contributed by atoms with Crippen LogP contribution in [0.25, 0.3) is 0 Å². The Hall–Kier alpha value is -1.90. The van der Waals surface area contributed by atoms with Gasteiger partial charge in [-0.05, 0) is 24.1 Å². The van der Waals surface area contributed by atoms with E-state index in [0.717, 1.165) is 18.4 Å². The van der Waals surface area contributed by atoms with Crippen molar-refractivity contribution in [2.24, 2.45) is 5.73 Å². The van der Waals surface area contributed by atoms with Crippen molar-refractivity contribution < 1.29 is 14.2 Å². The minimum atomic E-state index is -0.0546. The molecule has 1 aliphatic heterocycles. The number of ether oxygens (including phenoxy) is 3. The van der Waals surface area contributed by atoms with Gasteiger partial charge >= 0.3 is 0 Å². The number of hydrogen-bond donors (Lipinski definition) is 2. The molecule has 0 radical (unpaired) electrons. The maximum Gasteiger partial charge on any atom is 0.231 e. The molecule has 1 aromatic rings. The van der Waals surface area contributed by atoms with Crippen LogP contribution in [0.5, 0.6) is 17.2 Å². The van der Waals surface area contributed by atoms with Gasteiger partial charge in [-0.15, -0.1) is 6.42 Å². The molecule has 0 saturated carbocycles. The van der Waals surface area contributed by atoms with Gasteiger partial charge in [0, 0.05) is 12.6 Å². The van der Waals surface area contributed by atoms with E-state index in [1.807, 2.05) is 12.1 Å². The molecule has 2 rings (SSSR count). The summed E-state index contributed by atoms with van der Waals surface area (Å²) >= 11 is 0. The van der Waals surface area contributed by atoms with Crippen molar-refractivity contribution in [3.63, 3.8) is 0 Å². The lowest BCUT2D eigenvalue weighted by Crippen LogP contribution is -2.35. The van der Waals surface area contributed by atoms with Crippen LogP contribution in [0.1, 0.15) is 31.4 Å². The zero-order valence-electron chi connectivity index (χ0n) is 12.5. The van der Waals surface area contributed by atoms with Gasteiger partial charge in [0.05, 0.1) is 13.2 Å². The van der Waals surface area contributed by atoms with E-state index in [2.05, 4.69) is 18.2 Å². The van der Waals surface area contributed by atoms with Crippen LogP contribution in [-0.2, 0) is 0 Å². The van der Waals surface area contributed by atoms with E-state index in [1.165, 1.54) is 0 Å². The maximum atomic E-state index is 5.90. The first-order valence-electron chi connectivity index (χ1n) is 7.13. The molecule has 0 aliphatic carbocycles. The summed E-state index contributed by atoms with van der Waals surface area (Å²) in [4.78, 5) is 0. The van der Waals surface area contributed by atoms with Crippen LogP contribution in [0.15, 0.2) is 12.1 Å². The minimum absolute atomic E-state index is 0.0000298. The average Bonchev–Trinajstić information content (AvgIpc) is 2.98. The Labute approximate surface area is 125 Å². The van der Waals surface area contributed by atoms with Crippen molar-refractivity contribution in [1.29, 1.82) is 0 Å². The summed E-state index contributed by atoms with van der Waals surface area (Å²) in [5, 5.41) is 3.40. The highest BCUT2D eigenvalue weighted by Crippen LogP contribution is 2.42. The van der Waals surface area contributed by atoms with Gasteiger partial charge in [0.15, 0.2) is 11.5 Å². The summed E-state index contributed by atoms with van der Waals surface area (Å²) in [6, 6.07) is 3.79. The van der Waals surface area contributed by atoms with E-state index in [-0.39, 0.29) is 18.9 Å². The van der Waals surface area contributed by atoms with Gasteiger partial charge in [0.2, 0.25) is 12.5 Å². The van der Waals surface area contributed by atoms with E-state index in [1.54, 1.807) is 7.11 Å². The van der Waals surface area contributed by atoms with E-state index < -0.39 is 0 Å². The third kappa shape index (κ3) is 3.41. The summed E-state index contributed by atoms with van der Waals surface area (Å²) in [6.45, 7) is 2.75. The van der Waals surface area contributed by atoms with Gasteiger partial charge in [-0.2, -0.15) is 0 Å². The monoisotopic (exact) mass is 290 g/mol. The fraction of sp³-hybridized carbons (Fsp3) is 0.500. The lowest BCUT2D eigenvalue weighted by molar-refractivity contribution is 0.171. The molecule has 1 aliphatic rings. The Morgan fingerprint density at radius 3 is 2.90 bits per heavy atom. The van der Waals surface area contributed by atoms with Gasteiger partial charge in [0.1, 0.15) is 0 Å². The normalized spacial score (nSPS) is 15.3. The van der Waals surface area contributed by atoms with Crippen molar-refractivity contribution >= 4 is 0 Å². The Bertz CT molecular complexity index is 525. The summed E-state index contributed by atoms with van der Waals surface area (Å²) in [5.41, 5.74) is 6.88. The number of benzene rings is 1. The molecule has 0 fully saturated rings. The number of rotatable bonds is 7. The van der Waals surface area contributed by atoms with Crippen molar-refractivity contribution in [2.45, 2.75) is 31.8 Å². The molecule has 5 heteroatoms. The number of fused-ring (bicyclic) bond motifs is 1. The maximum absolute atomic E-state index is 5.90. The number of terminal acetylenes is 1. The van der Waals surface area contributed by atoms with Crippen molar-refractivity contribution in [1.82, 2.24) is 5.32 Å². The summed E-state index contributed by atoms with van der Waals surface area (Å²) in [7, 11) is 1.60. The molecule has 5 nitrogen and oxygen atoms in total. The summed E-state index contributed by atoms with van der Waals surface area (Å²) in [6.07, 6.45) is 7.49. The van der Waals surface area contributed by atoms with E-state index in [9.17, 15) is 0 Å². The zero-order valence-corrected chi connectivity index (χ0v) is 12.5. The predicted molar refractivity (Wildman–Crippen MR) is 81.6 cm³/mol. The molecular weight excluding hydrogens is 268 g/mol. The average molecular weight is 290 g/mol. The molecule has 2 unspecified atom stereocenters. The Morgan fingerprint density at radius 1 is 1.48 bits per heavy atom. The third-order valence-corrected chi connectivity index (χ3v) is 3.50. The molecule has 1 heterocycles. The lowest BCUT2D eigenvalue weighted by Gasteiger charge is -2.22. The van der Waals surface area contributed by atoms with Gasteiger partial charge in [-0.1, -0.05) is 19.3 Å². The molecule has 1 aromatic carbocycles. The molecule has 0 bridgehead atoms. The fourth-order valence-electron chi connectivity index (χ4n) is 2.40. The standard InChI is InChI=1S/C16H22N2O3/c1-4-6-12(5-2)18-13(9-17)11-7-14(19-3)16-15(8-11)20-10-21-16/h2,7-8,12-13,18H,4,6,9-10,17H2,1,3H3. The van der Waals surface area contributed by atoms with Crippen LogP contribution < -0.4 is 25.3 Å². The number of nitrogens with two attached hydrogens (primary N) is 1. The van der Waals surface area contributed by atoms with Crippen LogP contribution in [0.2, 0.25) is 0 Å². The predicted octanol–water partition coefficient (Wildman–Crippen LogP) is 1.82. The third-order valence-electron chi connectivity index (χ3n) is 3.50. The van der Waals surface area contributed by atoms with E-state index >= 15 is 0 Å². The molecule has 0 amide bonds. The van der Waals surface area contributed by atoms with Crippen LogP contribution in [-0.4, -0.2) is 26.5 Å². The highest BCUT2D eigenvalue weighted by molar-refractivity contribution is 5.55. The van der Waals surface area contributed by atoms with Gasteiger partial charge in [-0.3, -0.25) is 5.32 Å². The van der Waals surface area contributed by atoms with Crippen LogP contribution in [0.4, 0.5) is 0 Å². The molecule has 114 valence electrons. The first-order valence-corrected chi connectivity index (χ1v) is 7.13. The highest BCUT2D eigenvalue weighted by Gasteiger charge is 2.23. The molecule has 0 spiro atoms. The van der Waals surface area contributed by atoms with Gasteiger partial charge in [-0.25, -0.2) is 0 Å². The Morgan fingerprint density at radius 2 is 2.29 bits per heavy atom. The van der Waals surface area contributed by atoms with Crippen molar-refractivity contribution in [3.8, 4) is 29.6 Å². The van der Waals surface area contributed by atoms with E-state index in [0.29, 0.717) is 23.8 Å².